The van der Waals surface area contributed by atoms with E-state index in [0.29, 0.717) is 25.1 Å². The van der Waals surface area contributed by atoms with E-state index in [2.05, 4.69) is 40.6 Å². The fraction of sp³-hybridized carbons (Fsp3) is 0.458. The highest BCUT2D eigenvalue weighted by molar-refractivity contribution is 7.18. The highest BCUT2D eigenvalue weighted by atomic mass is 32.1. The van der Waals surface area contributed by atoms with Crippen LogP contribution in [0.25, 0.3) is 10.2 Å². The van der Waals surface area contributed by atoms with E-state index in [1.165, 1.54) is 24.8 Å². The summed E-state index contributed by atoms with van der Waals surface area (Å²) in [4.78, 5) is 4.51. The Labute approximate surface area is 175 Å². The van der Waals surface area contributed by atoms with E-state index in [-0.39, 0.29) is 0 Å². The number of nitrogens with one attached hydrogen (secondary N) is 1. The van der Waals surface area contributed by atoms with Crippen LogP contribution < -0.4 is 10.1 Å². The number of aliphatic hydroxyl groups is 1. The molecule has 29 heavy (non-hydrogen) atoms. The lowest BCUT2D eigenvalue weighted by atomic mass is 9.80. The van der Waals surface area contributed by atoms with Crippen LogP contribution in [0, 0.1) is 18.8 Å². The van der Waals surface area contributed by atoms with Crippen molar-refractivity contribution in [3.63, 3.8) is 0 Å². The fourth-order valence-electron chi connectivity index (χ4n) is 5.41. The minimum absolute atomic E-state index is 0.292. The number of thiazole rings is 1. The molecule has 1 aromatic heterocycles. The number of aromatic nitrogens is 1. The van der Waals surface area contributed by atoms with Crippen molar-refractivity contribution in [2.75, 3.05) is 13.2 Å². The van der Waals surface area contributed by atoms with Crippen LogP contribution >= 0.6 is 11.3 Å². The highest BCUT2D eigenvalue weighted by Gasteiger charge is 2.47. The molecule has 1 heterocycles. The third kappa shape index (κ3) is 3.79. The van der Waals surface area contributed by atoms with Gasteiger partial charge in [0.1, 0.15) is 18.5 Å². The Bertz CT molecular complexity index is 973. The van der Waals surface area contributed by atoms with Crippen LogP contribution in [0.1, 0.15) is 35.8 Å². The Morgan fingerprint density at radius 3 is 2.83 bits per heavy atom. The van der Waals surface area contributed by atoms with Crippen molar-refractivity contribution >= 4 is 21.6 Å². The number of nitrogens with zero attached hydrogens (tertiary/aromatic N) is 1. The van der Waals surface area contributed by atoms with Crippen LogP contribution in [0.5, 0.6) is 5.75 Å². The fourth-order valence-corrected chi connectivity index (χ4v) is 6.29. The average Bonchev–Trinajstić information content (AvgIpc) is 3.44. The molecule has 2 saturated carbocycles. The summed E-state index contributed by atoms with van der Waals surface area (Å²) in [6, 6.07) is 17.3. The predicted molar refractivity (Wildman–Crippen MR) is 118 cm³/mol. The van der Waals surface area contributed by atoms with Gasteiger partial charge in [0.25, 0.3) is 0 Å². The third-order valence-corrected chi connectivity index (χ3v) is 7.61. The number of hydrogen-bond donors (Lipinski definition) is 2. The van der Waals surface area contributed by atoms with Crippen LogP contribution in [-0.2, 0) is 0 Å². The van der Waals surface area contributed by atoms with Gasteiger partial charge in [0.15, 0.2) is 0 Å². The molecule has 5 rings (SSSR count). The van der Waals surface area contributed by atoms with Crippen molar-refractivity contribution in [3.8, 4) is 5.75 Å². The molecule has 5 heteroatoms. The number of hydrogen-bond acceptors (Lipinski definition) is 5. The Kier molecular flexibility index (Phi) is 5.29. The first-order valence-corrected chi connectivity index (χ1v) is 11.5. The number of ether oxygens (including phenoxy) is 1. The molecular formula is C24H28N2O2S. The molecule has 5 atom stereocenters. The maximum Gasteiger partial charge on any atom is 0.138 e. The van der Waals surface area contributed by atoms with Gasteiger partial charge < -0.3 is 15.2 Å². The van der Waals surface area contributed by atoms with Crippen molar-refractivity contribution in [2.45, 2.75) is 44.2 Å². The van der Waals surface area contributed by atoms with E-state index in [1.807, 2.05) is 25.1 Å². The summed E-state index contributed by atoms with van der Waals surface area (Å²) >= 11 is 1.64. The SMILES string of the molecule is Cc1nc2cccc(OCC(O)CNC3C(c4ccccc4)[C@H]4CC[C@H]3C4)c2s1. The van der Waals surface area contributed by atoms with E-state index >= 15 is 0 Å². The van der Waals surface area contributed by atoms with Crippen molar-refractivity contribution in [1.82, 2.24) is 10.3 Å². The lowest BCUT2D eigenvalue weighted by Crippen LogP contribution is -2.44. The van der Waals surface area contributed by atoms with Gasteiger partial charge in [-0.3, -0.25) is 0 Å². The van der Waals surface area contributed by atoms with E-state index in [0.717, 1.165) is 32.8 Å². The van der Waals surface area contributed by atoms with Crippen LogP contribution in [0.2, 0.25) is 0 Å². The lowest BCUT2D eigenvalue weighted by Gasteiger charge is -2.33. The van der Waals surface area contributed by atoms with Gasteiger partial charge in [-0.1, -0.05) is 36.4 Å². The topological polar surface area (TPSA) is 54.4 Å². The van der Waals surface area contributed by atoms with E-state index in [1.54, 1.807) is 11.3 Å². The number of aryl methyl sites for hydroxylation is 1. The molecule has 0 aliphatic heterocycles. The third-order valence-electron chi connectivity index (χ3n) is 6.61. The standard InChI is InChI=1S/C24H28N2O2S/c1-15-26-20-8-5-9-21(24(20)29-15)28-14-19(27)13-25-23-18-11-10-17(12-18)22(23)16-6-3-2-4-7-16/h2-9,17-19,22-23,25,27H,10-14H2,1H3/t17-,18-,19?,22?,23?/m0/s1. The quantitative estimate of drug-likeness (QED) is 0.604. The number of rotatable bonds is 7. The van der Waals surface area contributed by atoms with Gasteiger partial charge in [0.2, 0.25) is 0 Å². The summed E-state index contributed by atoms with van der Waals surface area (Å²) in [5, 5.41) is 15.3. The first kappa shape index (κ1) is 19.0. The second-order valence-electron chi connectivity index (χ2n) is 8.51. The van der Waals surface area contributed by atoms with Gasteiger partial charge in [-0.05, 0) is 55.7 Å². The second-order valence-corrected chi connectivity index (χ2v) is 9.71. The van der Waals surface area contributed by atoms with Crippen molar-refractivity contribution in [2.24, 2.45) is 11.8 Å². The largest absolute Gasteiger partial charge is 0.489 e. The van der Waals surface area contributed by atoms with Crippen LogP contribution in [0.3, 0.4) is 0 Å². The minimum Gasteiger partial charge on any atom is -0.489 e. The molecule has 2 bridgehead atoms. The van der Waals surface area contributed by atoms with Crippen molar-refractivity contribution in [3.05, 3.63) is 59.1 Å². The molecule has 0 amide bonds. The van der Waals surface area contributed by atoms with Crippen LogP contribution in [0.4, 0.5) is 0 Å². The molecule has 2 fully saturated rings. The molecule has 3 unspecified atom stereocenters. The smallest absolute Gasteiger partial charge is 0.138 e. The van der Waals surface area contributed by atoms with Gasteiger partial charge in [-0.2, -0.15) is 0 Å². The number of aliphatic hydroxyl groups excluding tert-OH is 1. The first-order chi connectivity index (χ1) is 14.2. The molecule has 152 valence electrons. The van der Waals surface area contributed by atoms with E-state index < -0.39 is 6.10 Å². The zero-order valence-corrected chi connectivity index (χ0v) is 17.6. The minimum atomic E-state index is -0.533. The van der Waals surface area contributed by atoms with E-state index in [9.17, 15) is 5.11 Å². The Morgan fingerprint density at radius 2 is 1.97 bits per heavy atom. The average molecular weight is 409 g/mol. The van der Waals surface area contributed by atoms with Crippen LogP contribution in [-0.4, -0.2) is 35.4 Å². The maximum atomic E-state index is 10.6. The molecule has 0 radical (unpaired) electrons. The summed E-state index contributed by atoms with van der Waals surface area (Å²) in [5.74, 6) is 2.89. The molecule has 2 aliphatic carbocycles. The molecule has 0 spiro atoms. The highest BCUT2D eigenvalue weighted by Crippen LogP contribution is 2.52. The summed E-state index contributed by atoms with van der Waals surface area (Å²) < 4.78 is 7.02. The van der Waals surface area contributed by atoms with Crippen molar-refractivity contribution < 1.29 is 9.84 Å². The number of benzene rings is 2. The second kappa shape index (κ2) is 8.05. The molecule has 4 nitrogen and oxygen atoms in total. The zero-order valence-electron chi connectivity index (χ0n) is 16.8. The lowest BCUT2D eigenvalue weighted by molar-refractivity contribution is 0.100. The molecule has 0 saturated heterocycles. The monoisotopic (exact) mass is 408 g/mol. The first-order valence-electron chi connectivity index (χ1n) is 10.6. The van der Waals surface area contributed by atoms with Gasteiger partial charge >= 0.3 is 0 Å². The zero-order chi connectivity index (χ0) is 19.8. The summed E-state index contributed by atoms with van der Waals surface area (Å²) in [6.45, 7) is 2.86. The van der Waals surface area contributed by atoms with Crippen molar-refractivity contribution in [1.29, 1.82) is 0 Å². The normalized spacial score (nSPS) is 26.8. The Hall–Kier alpha value is -1.95. The maximum absolute atomic E-state index is 10.6. The van der Waals surface area contributed by atoms with Gasteiger partial charge in [0, 0.05) is 18.5 Å². The summed E-state index contributed by atoms with van der Waals surface area (Å²) in [7, 11) is 0. The number of fused-ring (bicyclic) bond motifs is 3. The molecule has 2 N–H and O–H groups in total. The summed E-state index contributed by atoms with van der Waals surface area (Å²) in [5.41, 5.74) is 2.40. The Balaban J connectivity index is 1.20. The van der Waals surface area contributed by atoms with Gasteiger partial charge in [-0.25, -0.2) is 4.98 Å². The van der Waals surface area contributed by atoms with E-state index in [4.69, 9.17) is 4.74 Å². The predicted octanol–water partition coefficient (Wildman–Crippen LogP) is 4.52. The molecule has 3 aromatic rings. The van der Waals surface area contributed by atoms with Gasteiger partial charge in [-0.15, -0.1) is 11.3 Å². The molecule has 2 aromatic carbocycles. The molecular weight excluding hydrogens is 380 g/mol. The summed E-state index contributed by atoms with van der Waals surface area (Å²) in [6.07, 6.45) is 3.43. The molecule has 2 aliphatic rings. The van der Waals surface area contributed by atoms with Crippen LogP contribution in [0.15, 0.2) is 48.5 Å². The Morgan fingerprint density at radius 1 is 1.14 bits per heavy atom. The van der Waals surface area contributed by atoms with Gasteiger partial charge in [0.05, 0.1) is 15.2 Å².